The molecule has 3 rings (SSSR count). The molecule has 2 N–H and O–H groups in total. The van der Waals surface area contributed by atoms with Crippen molar-refractivity contribution < 1.29 is 0 Å². The molecule has 3 aromatic rings. The first kappa shape index (κ1) is 14.1. The van der Waals surface area contributed by atoms with Crippen LogP contribution in [0.3, 0.4) is 0 Å². The molecule has 0 fully saturated rings. The minimum atomic E-state index is -0.0469. The summed E-state index contributed by atoms with van der Waals surface area (Å²) in [5.74, 6) is 0. The van der Waals surface area contributed by atoms with Gasteiger partial charge in [0.05, 0.1) is 17.2 Å². The number of nitrogens with one attached hydrogen (secondary N) is 2. The summed E-state index contributed by atoms with van der Waals surface area (Å²) in [6.07, 6.45) is 1.54. The zero-order valence-corrected chi connectivity index (χ0v) is 12.8. The van der Waals surface area contributed by atoms with Gasteiger partial charge in [-0.1, -0.05) is 6.07 Å². The number of aromatic nitrogens is 2. The van der Waals surface area contributed by atoms with Gasteiger partial charge in [0.15, 0.2) is 0 Å². The van der Waals surface area contributed by atoms with Crippen molar-refractivity contribution in [3.8, 4) is 0 Å². The number of rotatable bonds is 3. The van der Waals surface area contributed by atoms with E-state index in [4.69, 9.17) is 0 Å². The molecule has 112 valence electrons. The van der Waals surface area contributed by atoms with Crippen LogP contribution in [0.4, 0.5) is 17.1 Å². The molecule has 0 spiro atoms. The largest absolute Gasteiger partial charge is 0.388 e. The van der Waals surface area contributed by atoms with Crippen LogP contribution in [-0.4, -0.2) is 16.6 Å². The summed E-state index contributed by atoms with van der Waals surface area (Å²) in [6, 6.07) is 11.8. The minimum absolute atomic E-state index is 0.0469. The van der Waals surface area contributed by atoms with Crippen LogP contribution in [0, 0.1) is 6.92 Å². The van der Waals surface area contributed by atoms with Crippen LogP contribution in [-0.2, 0) is 7.05 Å². The van der Waals surface area contributed by atoms with Crippen LogP contribution in [0.2, 0.25) is 0 Å². The first-order valence-corrected chi connectivity index (χ1v) is 7.09. The molecule has 22 heavy (non-hydrogen) atoms. The third kappa shape index (κ3) is 2.53. The molecular formula is C17H18N4O. The van der Waals surface area contributed by atoms with Crippen LogP contribution in [0.5, 0.6) is 0 Å². The van der Waals surface area contributed by atoms with Gasteiger partial charge in [-0.15, -0.1) is 0 Å². The maximum absolute atomic E-state index is 12.2. The number of nitrogens with zero attached hydrogens (tertiary/aromatic N) is 2. The Balaban J connectivity index is 2.04. The number of fused-ring (bicyclic) bond motifs is 1. The molecule has 2 aromatic carbocycles. The summed E-state index contributed by atoms with van der Waals surface area (Å²) in [5.41, 5.74) is 4.70. The van der Waals surface area contributed by atoms with Crippen molar-refractivity contribution in [2.24, 2.45) is 7.05 Å². The molecule has 5 nitrogen and oxygen atoms in total. The SMILES string of the molecule is CNc1ccc(C)c(Nc2ccc3ncn(C)c(=O)c3c2)c1. The van der Waals surface area contributed by atoms with Gasteiger partial charge in [0.2, 0.25) is 0 Å². The Bertz CT molecular complexity index is 899. The van der Waals surface area contributed by atoms with E-state index in [-0.39, 0.29) is 5.56 Å². The average molecular weight is 294 g/mol. The van der Waals surface area contributed by atoms with Gasteiger partial charge in [0.1, 0.15) is 0 Å². The lowest BCUT2D eigenvalue weighted by atomic mass is 10.1. The topological polar surface area (TPSA) is 59.0 Å². The second-order valence-corrected chi connectivity index (χ2v) is 5.30. The van der Waals surface area contributed by atoms with Crippen molar-refractivity contribution in [1.82, 2.24) is 9.55 Å². The third-order valence-corrected chi connectivity index (χ3v) is 3.72. The summed E-state index contributed by atoms with van der Waals surface area (Å²) in [6.45, 7) is 2.05. The normalized spacial score (nSPS) is 10.7. The quantitative estimate of drug-likeness (QED) is 0.779. The van der Waals surface area contributed by atoms with Crippen LogP contribution in [0.1, 0.15) is 5.56 Å². The average Bonchev–Trinajstić information content (AvgIpc) is 2.53. The molecule has 0 bridgehead atoms. The molecule has 0 aliphatic carbocycles. The van der Waals surface area contributed by atoms with Crippen molar-refractivity contribution in [3.05, 3.63) is 58.6 Å². The monoisotopic (exact) mass is 294 g/mol. The highest BCUT2D eigenvalue weighted by atomic mass is 16.1. The van der Waals surface area contributed by atoms with E-state index in [1.165, 1.54) is 10.9 Å². The highest BCUT2D eigenvalue weighted by molar-refractivity contribution is 5.83. The van der Waals surface area contributed by atoms with Gasteiger partial charge in [0, 0.05) is 31.2 Å². The number of hydrogen-bond donors (Lipinski definition) is 2. The summed E-state index contributed by atoms with van der Waals surface area (Å²) >= 11 is 0. The van der Waals surface area contributed by atoms with Crippen molar-refractivity contribution in [3.63, 3.8) is 0 Å². The molecule has 0 amide bonds. The number of aryl methyl sites for hydroxylation is 2. The van der Waals surface area contributed by atoms with Gasteiger partial charge in [-0.2, -0.15) is 0 Å². The van der Waals surface area contributed by atoms with E-state index in [0.29, 0.717) is 10.9 Å². The van der Waals surface area contributed by atoms with E-state index >= 15 is 0 Å². The molecule has 0 unspecified atom stereocenters. The number of hydrogen-bond acceptors (Lipinski definition) is 4. The first-order chi connectivity index (χ1) is 10.6. The highest BCUT2D eigenvalue weighted by Crippen LogP contribution is 2.25. The fourth-order valence-corrected chi connectivity index (χ4v) is 2.36. The Morgan fingerprint density at radius 1 is 1.09 bits per heavy atom. The molecule has 0 saturated heterocycles. The smallest absolute Gasteiger partial charge is 0.260 e. The second kappa shape index (κ2) is 5.52. The number of benzene rings is 2. The summed E-state index contributed by atoms with van der Waals surface area (Å²) in [4.78, 5) is 16.4. The van der Waals surface area contributed by atoms with E-state index < -0.39 is 0 Å². The number of anilines is 3. The fraction of sp³-hybridized carbons (Fsp3) is 0.176. The maximum atomic E-state index is 12.2. The molecule has 0 atom stereocenters. The van der Waals surface area contributed by atoms with Crippen LogP contribution in [0.15, 0.2) is 47.5 Å². The Morgan fingerprint density at radius 2 is 1.86 bits per heavy atom. The van der Waals surface area contributed by atoms with E-state index in [0.717, 1.165) is 22.6 Å². The summed E-state index contributed by atoms with van der Waals surface area (Å²) in [7, 11) is 3.59. The Hall–Kier alpha value is -2.82. The van der Waals surface area contributed by atoms with E-state index in [1.54, 1.807) is 7.05 Å². The molecule has 0 aliphatic rings. The van der Waals surface area contributed by atoms with Gasteiger partial charge >= 0.3 is 0 Å². The minimum Gasteiger partial charge on any atom is -0.388 e. The lowest BCUT2D eigenvalue weighted by Crippen LogP contribution is -2.16. The van der Waals surface area contributed by atoms with Crippen molar-refractivity contribution in [1.29, 1.82) is 0 Å². The fourth-order valence-electron chi connectivity index (χ4n) is 2.36. The van der Waals surface area contributed by atoms with Crippen LogP contribution in [0.25, 0.3) is 10.9 Å². The third-order valence-electron chi connectivity index (χ3n) is 3.72. The van der Waals surface area contributed by atoms with Crippen molar-refractivity contribution >= 4 is 28.0 Å². The van der Waals surface area contributed by atoms with Gasteiger partial charge in [-0.3, -0.25) is 4.79 Å². The summed E-state index contributed by atoms with van der Waals surface area (Å²) < 4.78 is 1.49. The molecule has 1 heterocycles. The lowest BCUT2D eigenvalue weighted by Gasteiger charge is -2.12. The van der Waals surface area contributed by atoms with E-state index in [1.807, 2.05) is 44.3 Å². The molecular weight excluding hydrogens is 276 g/mol. The lowest BCUT2D eigenvalue weighted by molar-refractivity contribution is 0.843. The predicted octanol–water partition coefficient (Wildman–Crippen LogP) is 3.03. The van der Waals surface area contributed by atoms with Gasteiger partial charge < -0.3 is 15.2 Å². The Morgan fingerprint density at radius 3 is 2.64 bits per heavy atom. The second-order valence-electron chi connectivity index (χ2n) is 5.30. The van der Waals surface area contributed by atoms with Gasteiger partial charge in [-0.25, -0.2) is 4.98 Å². The van der Waals surface area contributed by atoms with Gasteiger partial charge in [-0.05, 0) is 42.8 Å². The Labute approximate surface area is 128 Å². The standard InChI is InChI=1S/C17H18N4O/c1-11-4-5-12(18-2)9-16(11)20-13-6-7-15-14(8-13)17(22)21(3)10-19-15/h4-10,18,20H,1-3H3. The Kier molecular flexibility index (Phi) is 3.55. The first-order valence-electron chi connectivity index (χ1n) is 7.09. The molecule has 0 aliphatic heterocycles. The van der Waals surface area contributed by atoms with Crippen molar-refractivity contribution in [2.75, 3.05) is 17.7 Å². The maximum Gasteiger partial charge on any atom is 0.260 e. The molecule has 0 saturated carbocycles. The highest BCUT2D eigenvalue weighted by Gasteiger charge is 2.05. The molecule has 1 aromatic heterocycles. The summed E-state index contributed by atoms with van der Waals surface area (Å²) in [5, 5.41) is 7.10. The zero-order chi connectivity index (χ0) is 15.7. The van der Waals surface area contributed by atoms with Crippen LogP contribution >= 0.6 is 0 Å². The van der Waals surface area contributed by atoms with Gasteiger partial charge in [0.25, 0.3) is 5.56 Å². The van der Waals surface area contributed by atoms with E-state index in [9.17, 15) is 4.79 Å². The predicted molar refractivity (Wildman–Crippen MR) is 91.0 cm³/mol. The molecule has 0 radical (unpaired) electrons. The van der Waals surface area contributed by atoms with E-state index in [2.05, 4.69) is 21.7 Å². The van der Waals surface area contributed by atoms with Crippen LogP contribution < -0.4 is 16.2 Å². The zero-order valence-electron chi connectivity index (χ0n) is 12.8. The molecule has 5 heteroatoms. The van der Waals surface area contributed by atoms with Crippen molar-refractivity contribution in [2.45, 2.75) is 6.92 Å².